The summed E-state index contributed by atoms with van der Waals surface area (Å²) in [6.45, 7) is 2.51. The van der Waals surface area contributed by atoms with Crippen LogP contribution in [0.1, 0.15) is 12.8 Å². The Morgan fingerprint density at radius 3 is 2.48 bits per heavy atom. The summed E-state index contributed by atoms with van der Waals surface area (Å²) in [5.74, 6) is 0.628. The molecule has 1 spiro atoms. The number of anilines is 2. The molecule has 0 saturated carbocycles. The highest BCUT2D eigenvalue weighted by Crippen LogP contribution is 2.49. The van der Waals surface area contributed by atoms with Crippen LogP contribution < -0.4 is 10.2 Å². The van der Waals surface area contributed by atoms with Crippen LogP contribution in [0.25, 0.3) is 0 Å². The molecule has 0 aliphatic carbocycles. The molecule has 3 aliphatic rings. The highest BCUT2D eigenvalue weighted by molar-refractivity contribution is 5.89. The van der Waals surface area contributed by atoms with Crippen LogP contribution in [-0.4, -0.2) is 70.5 Å². The largest absolute Gasteiger partial charge is 0.340 e. The minimum atomic E-state index is -0.340. The van der Waals surface area contributed by atoms with Gasteiger partial charge in [-0.3, -0.25) is 4.79 Å². The van der Waals surface area contributed by atoms with E-state index < -0.39 is 0 Å². The Kier molecular flexibility index (Phi) is 4.75. The highest BCUT2D eigenvalue weighted by Gasteiger charge is 2.60. The average Bonchev–Trinajstić information content (AvgIpc) is 3.32. The van der Waals surface area contributed by atoms with Crippen LogP contribution in [0.3, 0.4) is 0 Å². The minimum absolute atomic E-state index is 0.0617. The lowest BCUT2D eigenvalue weighted by Crippen LogP contribution is -2.57. The first-order chi connectivity index (χ1) is 15.0. The van der Waals surface area contributed by atoms with Gasteiger partial charge < -0.3 is 20.0 Å². The molecule has 1 aromatic carbocycles. The van der Waals surface area contributed by atoms with Crippen LogP contribution >= 0.6 is 0 Å². The molecule has 3 aliphatic heterocycles. The van der Waals surface area contributed by atoms with Crippen LogP contribution in [0.4, 0.5) is 20.8 Å². The van der Waals surface area contributed by atoms with Gasteiger partial charge in [0.25, 0.3) is 0 Å². The van der Waals surface area contributed by atoms with Crippen LogP contribution in [0.15, 0.2) is 42.7 Å². The van der Waals surface area contributed by atoms with E-state index in [1.54, 1.807) is 35.5 Å². The zero-order valence-corrected chi connectivity index (χ0v) is 17.4. The molecule has 1 N–H and O–H groups in total. The molecule has 3 saturated heterocycles. The van der Waals surface area contributed by atoms with Crippen molar-refractivity contribution in [3.05, 3.63) is 48.5 Å². The first-order valence-corrected chi connectivity index (χ1v) is 10.6. The fourth-order valence-electron chi connectivity index (χ4n) is 5.47. The van der Waals surface area contributed by atoms with E-state index in [1.165, 1.54) is 12.1 Å². The van der Waals surface area contributed by atoms with Crippen molar-refractivity contribution in [1.29, 1.82) is 0 Å². The standard InChI is InChI=1S/C22H25FN6O2/c1-27-19(30)17-13-29(20-24-9-2-10-25-20)14-18(17)22(27)7-11-28(12-8-22)21(31)26-16-5-3-15(23)4-6-16/h2-6,9-10,17-18H,7-8,11-14H2,1H3,(H,26,31)/t17-,18+/m1/s1. The Labute approximate surface area is 180 Å². The van der Waals surface area contributed by atoms with E-state index in [4.69, 9.17) is 0 Å². The number of nitrogens with one attached hydrogen (secondary N) is 1. The molecular weight excluding hydrogens is 399 g/mol. The number of hydrogen-bond acceptors (Lipinski definition) is 5. The van der Waals surface area contributed by atoms with E-state index in [9.17, 15) is 14.0 Å². The Morgan fingerprint density at radius 2 is 1.81 bits per heavy atom. The molecule has 0 unspecified atom stereocenters. The van der Waals surface area contributed by atoms with Gasteiger partial charge in [-0.1, -0.05) is 0 Å². The number of rotatable bonds is 2. The lowest BCUT2D eigenvalue weighted by Gasteiger charge is -2.46. The monoisotopic (exact) mass is 424 g/mol. The second-order valence-corrected chi connectivity index (χ2v) is 8.59. The maximum Gasteiger partial charge on any atom is 0.321 e. The number of hydrogen-bond donors (Lipinski definition) is 1. The SMILES string of the molecule is CN1C(=O)[C@@H]2CN(c3ncccn3)C[C@@H]2C12CCN(C(=O)Nc1ccc(F)cc1)CC2. The smallest absolute Gasteiger partial charge is 0.321 e. The average molecular weight is 424 g/mol. The number of nitrogens with zero attached hydrogens (tertiary/aromatic N) is 5. The van der Waals surface area contributed by atoms with Crippen molar-refractivity contribution in [3.63, 3.8) is 0 Å². The van der Waals surface area contributed by atoms with E-state index in [0.29, 0.717) is 31.3 Å². The van der Waals surface area contributed by atoms with Crippen LogP contribution in [0, 0.1) is 17.7 Å². The molecule has 31 heavy (non-hydrogen) atoms. The molecular formula is C22H25FN6O2. The lowest BCUT2D eigenvalue weighted by atomic mass is 9.75. The highest BCUT2D eigenvalue weighted by atomic mass is 19.1. The number of fused-ring (bicyclic) bond motifs is 2. The van der Waals surface area contributed by atoms with Crippen molar-refractivity contribution in [2.45, 2.75) is 18.4 Å². The third kappa shape index (κ3) is 3.28. The molecule has 0 bridgehead atoms. The molecule has 9 heteroatoms. The van der Waals surface area contributed by atoms with Crippen molar-refractivity contribution in [3.8, 4) is 0 Å². The number of carbonyl (C=O) groups excluding carboxylic acids is 2. The van der Waals surface area contributed by atoms with Gasteiger partial charge in [0.2, 0.25) is 11.9 Å². The first kappa shape index (κ1) is 19.7. The van der Waals surface area contributed by atoms with Gasteiger partial charge in [0.05, 0.1) is 11.5 Å². The number of aromatic nitrogens is 2. The van der Waals surface area contributed by atoms with Crippen molar-refractivity contribution < 1.29 is 14.0 Å². The van der Waals surface area contributed by atoms with Crippen molar-refractivity contribution in [2.24, 2.45) is 11.8 Å². The number of benzene rings is 1. The van der Waals surface area contributed by atoms with Gasteiger partial charge >= 0.3 is 6.03 Å². The molecule has 2 atom stereocenters. The summed E-state index contributed by atoms with van der Waals surface area (Å²) in [4.78, 5) is 40.3. The van der Waals surface area contributed by atoms with Gasteiger partial charge in [-0.15, -0.1) is 0 Å². The Bertz CT molecular complexity index is 977. The Balaban J connectivity index is 1.28. The van der Waals surface area contributed by atoms with E-state index in [2.05, 4.69) is 20.2 Å². The molecule has 4 heterocycles. The molecule has 8 nitrogen and oxygen atoms in total. The molecule has 1 aromatic heterocycles. The van der Waals surface area contributed by atoms with E-state index in [-0.39, 0.29) is 35.1 Å². The van der Waals surface area contributed by atoms with Gasteiger partial charge in [-0.05, 0) is 43.2 Å². The molecule has 3 amide bonds. The lowest BCUT2D eigenvalue weighted by molar-refractivity contribution is -0.133. The van der Waals surface area contributed by atoms with Gasteiger partial charge in [0.15, 0.2) is 0 Å². The normalized spacial score (nSPS) is 24.6. The maximum absolute atomic E-state index is 13.1. The Hall–Kier alpha value is -3.23. The summed E-state index contributed by atoms with van der Waals surface area (Å²) < 4.78 is 13.1. The molecule has 2 aromatic rings. The topological polar surface area (TPSA) is 81.7 Å². The predicted octanol–water partition coefficient (Wildman–Crippen LogP) is 2.21. The Morgan fingerprint density at radius 1 is 1.13 bits per heavy atom. The summed E-state index contributed by atoms with van der Waals surface area (Å²) in [6, 6.07) is 7.32. The van der Waals surface area contributed by atoms with Gasteiger partial charge in [0.1, 0.15) is 5.82 Å². The van der Waals surface area contributed by atoms with E-state index in [1.807, 2.05) is 11.9 Å². The van der Waals surface area contributed by atoms with Crippen LogP contribution in [0.2, 0.25) is 0 Å². The van der Waals surface area contributed by atoms with Crippen molar-refractivity contribution in [2.75, 3.05) is 43.4 Å². The summed E-state index contributed by atoms with van der Waals surface area (Å²) in [5, 5.41) is 2.83. The third-order valence-electron chi connectivity index (χ3n) is 7.17. The van der Waals surface area contributed by atoms with E-state index >= 15 is 0 Å². The van der Waals surface area contributed by atoms with Gasteiger partial charge in [0, 0.05) is 57.2 Å². The van der Waals surface area contributed by atoms with Gasteiger partial charge in [-0.2, -0.15) is 0 Å². The fourth-order valence-corrected chi connectivity index (χ4v) is 5.47. The van der Waals surface area contributed by atoms with Crippen LogP contribution in [0.5, 0.6) is 0 Å². The fraction of sp³-hybridized carbons (Fsp3) is 0.455. The van der Waals surface area contributed by atoms with Crippen molar-refractivity contribution >= 4 is 23.6 Å². The zero-order valence-electron chi connectivity index (χ0n) is 17.4. The number of piperidine rings is 1. The molecule has 5 rings (SSSR count). The zero-order chi connectivity index (χ0) is 21.6. The predicted molar refractivity (Wildman–Crippen MR) is 113 cm³/mol. The molecule has 0 radical (unpaired) electrons. The number of halogens is 1. The summed E-state index contributed by atoms with van der Waals surface area (Å²) >= 11 is 0. The molecule has 162 valence electrons. The quantitative estimate of drug-likeness (QED) is 0.800. The first-order valence-electron chi connectivity index (χ1n) is 10.6. The number of carbonyl (C=O) groups is 2. The number of likely N-dealkylation sites (tertiary alicyclic amines) is 2. The van der Waals surface area contributed by atoms with Crippen molar-refractivity contribution in [1.82, 2.24) is 19.8 Å². The minimum Gasteiger partial charge on any atom is -0.340 e. The summed E-state index contributed by atoms with van der Waals surface area (Å²) in [6.07, 6.45) is 4.91. The van der Waals surface area contributed by atoms with Crippen LogP contribution in [-0.2, 0) is 4.79 Å². The summed E-state index contributed by atoms with van der Waals surface area (Å²) in [5.41, 5.74) is 0.312. The van der Waals surface area contributed by atoms with E-state index in [0.717, 1.165) is 19.4 Å². The maximum atomic E-state index is 13.1. The number of urea groups is 1. The van der Waals surface area contributed by atoms with Gasteiger partial charge in [-0.25, -0.2) is 19.2 Å². The second kappa shape index (κ2) is 7.47. The second-order valence-electron chi connectivity index (χ2n) is 8.59. The third-order valence-corrected chi connectivity index (χ3v) is 7.17. The molecule has 3 fully saturated rings. The number of amides is 3. The summed E-state index contributed by atoms with van der Waals surface area (Å²) in [7, 11) is 1.90.